The quantitative estimate of drug-likeness (QED) is 0.488. The smallest absolute Gasteiger partial charge is 0.202 e. The molecular weight excluding hydrogens is 347 g/mol. The van der Waals surface area contributed by atoms with E-state index in [-0.39, 0.29) is 5.56 Å². The van der Waals surface area contributed by atoms with Crippen LogP contribution in [-0.4, -0.2) is 4.98 Å². The third-order valence-electron chi connectivity index (χ3n) is 5.91. The first kappa shape index (κ1) is 19.9. The molecular formula is C23H28F3N. The minimum atomic E-state index is -1.38. The van der Waals surface area contributed by atoms with Crippen molar-refractivity contribution < 1.29 is 13.2 Å². The monoisotopic (exact) mass is 375 g/mol. The molecule has 3 rings (SSSR count). The van der Waals surface area contributed by atoms with Crippen LogP contribution in [0.15, 0.2) is 30.3 Å². The summed E-state index contributed by atoms with van der Waals surface area (Å²) in [4.78, 5) is 2.98. The minimum Gasteiger partial charge on any atom is -0.202 e. The van der Waals surface area contributed by atoms with Gasteiger partial charge in [0.1, 0.15) is 0 Å². The molecule has 0 saturated heterocycles. The normalized spacial score (nSPS) is 20.0. The maximum Gasteiger partial charge on any atom is 0.251 e. The van der Waals surface area contributed by atoms with Gasteiger partial charge in [-0.25, -0.2) is 4.39 Å². The Morgan fingerprint density at radius 3 is 2.30 bits per heavy atom. The first-order valence-corrected chi connectivity index (χ1v) is 10.2. The summed E-state index contributed by atoms with van der Waals surface area (Å²) in [6.45, 7) is 2.25. The summed E-state index contributed by atoms with van der Waals surface area (Å²) in [5, 5.41) is 0. The molecule has 1 aromatic heterocycles. The second kappa shape index (κ2) is 9.38. The molecule has 0 N–H and O–H groups in total. The standard InChI is InChI=1S/C23H28F3N/c1-2-3-4-16-5-10-18(11-6-16)19-12-7-17(8-13-19)9-14-20-15-21(24)23(26)27-22(20)25/h7-8,12-13,15-16,18H,2-6,9-11,14H2,1H3. The lowest BCUT2D eigenvalue weighted by molar-refractivity contribution is 0.304. The lowest BCUT2D eigenvalue weighted by atomic mass is 9.77. The van der Waals surface area contributed by atoms with Gasteiger partial charge in [0, 0.05) is 5.56 Å². The van der Waals surface area contributed by atoms with Gasteiger partial charge in [0.05, 0.1) is 0 Å². The summed E-state index contributed by atoms with van der Waals surface area (Å²) in [5.41, 5.74) is 2.57. The van der Waals surface area contributed by atoms with E-state index in [4.69, 9.17) is 0 Å². The highest BCUT2D eigenvalue weighted by Crippen LogP contribution is 2.37. The Balaban J connectivity index is 1.53. The lowest BCUT2D eigenvalue weighted by Gasteiger charge is -2.29. The van der Waals surface area contributed by atoms with Crippen molar-refractivity contribution in [3.8, 4) is 0 Å². The maximum atomic E-state index is 13.6. The van der Waals surface area contributed by atoms with E-state index < -0.39 is 17.7 Å². The number of hydrogen-bond donors (Lipinski definition) is 0. The predicted octanol–water partition coefficient (Wildman–Crippen LogP) is 6.75. The van der Waals surface area contributed by atoms with Crippen LogP contribution in [0.25, 0.3) is 0 Å². The highest BCUT2D eigenvalue weighted by molar-refractivity contribution is 5.27. The number of halogens is 3. The van der Waals surface area contributed by atoms with E-state index in [2.05, 4.69) is 36.2 Å². The van der Waals surface area contributed by atoms with Crippen LogP contribution in [-0.2, 0) is 12.8 Å². The first-order chi connectivity index (χ1) is 13.1. The molecule has 1 aliphatic carbocycles. The molecule has 2 aromatic rings. The summed E-state index contributed by atoms with van der Waals surface area (Å²) < 4.78 is 39.8. The molecule has 0 spiro atoms. The van der Waals surface area contributed by atoms with Crippen LogP contribution in [0.5, 0.6) is 0 Å². The van der Waals surface area contributed by atoms with Gasteiger partial charge in [-0.1, -0.05) is 50.5 Å². The van der Waals surface area contributed by atoms with Gasteiger partial charge in [-0.15, -0.1) is 0 Å². The topological polar surface area (TPSA) is 12.9 Å². The summed E-state index contributed by atoms with van der Waals surface area (Å²) >= 11 is 0. The molecule has 27 heavy (non-hydrogen) atoms. The van der Waals surface area contributed by atoms with Crippen molar-refractivity contribution in [1.82, 2.24) is 4.98 Å². The second-order valence-corrected chi connectivity index (χ2v) is 7.81. The Hall–Kier alpha value is -1.84. The molecule has 1 nitrogen and oxygen atoms in total. The number of aryl methyl sites for hydroxylation is 2. The zero-order valence-electron chi connectivity index (χ0n) is 16.0. The second-order valence-electron chi connectivity index (χ2n) is 7.81. The highest BCUT2D eigenvalue weighted by Gasteiger charge is 2.21. The summed E-state index contributed by atoms with van der Waals surface area (Å²) in [6, 6.07) is 9.40. The molecule has 0 atom stereocenters. The Bertz CT molecular complexity index is 734. The van der Waals surface area contributed by atoms with Crippen molar-refractivity contribution in [1.29, 1.82) is 0 Å². The Labute approximate surface area is 160 Å². The van der Waals surface area contributed by atoms with E-state index in [1.807, 2.05) is 0 Å². The average Bonchev–Trinajstić information content (AvgIpc) is 2.69. The van der Waals surface area contributed by atoms with Crippen LogP contribution in [0.3, 0.4) is 0 Å². The van der Waals surface area contributed by atoms with E-state index in [9.17, 15) is 13.2 Å². The molecule has 4 heteroatoms. The van der Waals surface area contributed by atoms with Crippen LogP contribution >= 0.6 is 0 Å². The third kappa shape index (κ3) is 5.33. The molecule has 1 fully saturated rings. The summed E-state index contributed by atoms with van der Waals surface area (Å²) in [7, 11) is 0. The average molecular weight is 375 g/mol. The van der Waals surface area contributed by atoms with Crippen molar-refractivity contribution in [2.75, 3.05) is 0 Å². The number of pyridine rings is 1. The van der Waals surface area contributed by atoms with Gasteiger partial charge >= 0.3 is 0 Å². The van der Waals surface area contributed by atoms with Gasteiger partial charge in [0.15, 0.2) is 5.82 Å². The van der Waals surface area contributed by atoms with E-state index in [1.54, 1.807) is 0 Å². The summed E-state index contributed by atoms with van der Waals surface area (Å²) in [6.07, 6.45) is 10.1. The molecule has 0 unspecified atom stereocenters. The Morgan fingerprint density at radius 1 is 0.926 bits per heavy atom. The van der Waals surface area contributed by atoms with Crippen molar-refractivity contribution in [2.24, 2.45) is 5.92 Å². The van der Waals surface area contributed by atoms with E-state index >= 15 is 0 Å². The lowest BCUT2D eigenvalue weighted by Crippen LogP contribution is -2.13. The van der Waals surface area contributed by atoms with Gasteiger partial charge in [0.2, 0.25) is 5.95 Å². The molecule has 0 radical (unpaired) electrons. The van der Waals surface area contributed by atoms with E-state index in [0.29, 0.717) is 18.8 Å². The number of hydrogen-bond acceptors (Lipinski definition) is 1. The first-order valence-electron chi connectivity index (χ1n) is 10.2. The van der Waals surface area contributed by atoms with Crippen LogP contribution in [0.4, 0.5) is 13.2 Å². The van der Waals surface area contributed by atoms with E-state index in [0.717, 1.165) is 17.5 Å². The molecule has 1 heterocycles. The van der Waals surface area contributed by atoms with Crippen LogP contribution in [0.2, 0.25) is 0 Å². The SMILES string of the molecule is CCCCC1CCC(c2ccc(CCc3cc(F)c(F)nc3F)cc2)CC1. The molecule has 0 amide bonds. The summed E-state index contributed by atoms with van der Waals surface area (Å²) in [5.74, 6) is -1.86. The number of nitrogens with zero attached hydrogens (tertiary/aromatic N) is 1. The Kier molecular flexibility index (Phi) is 6.92. The molecule has 0 bridgehead atoms. The third-order valence-corrected chi connectivity index (χ3v) is 5.91. The molecule has 146 valence electrons. The Morgan fingerprint density at radius 2 is 1.63 bits per heavy atom. The molecule has 1 aliphatic rings. The molecule has 0 aliphatic heterocycles. The van der Waals surface area contributed by atoms with Crippen LogP contribution in [0.1, 0.15) is 74.5 Å². The largest absolute Gasteiger partial charge is 0.251 e. The number of benzene rings is 1. The van der Waals surface area contributed by atoms with Crippen molar-refractivity contribution in [3.05, 3.63) is 64.7 Å². The fourth-order valence-corrected chi connectivity index (χ4v) is 4.17. The molecule has 1 saturated carbocycles. The van der Waals surface area contributed by atoms with Gasteiger partial charge in [0.25, 0.3) is 5.95 Å². The van der Waals surface area contributed by atoms with Crippen molar-refractivity contribution in [2.45, 2.75) is 70.6 Å². The zero-order chi connectivity index (χ0) is 19.2. The maximum absolute atomic E-state index is 13.6. The number of aromatic nitrogens is 1. The van der Waals surface area contributed by atoms with Gasteiger partial charge in [-0.05, 0) is 67.6 Å². The van der Waals surface area contributed by atoms with E-state index in [1.165, 1.54) is 50.5 Å². The predicted molar refractivity (Wildman–Crippen MR) is 102 cm³/mol. The fourth-order valence-electron chi connectivity index (χ4n) is 4.17. The van der Waals surface area contributed by atoms with Crippen LogP contribution in [0, 0.1) is 23.6 Å². The molecule has 1 aromatic carbocycles. The van der Waals surface area contributed by atoms with Gasteiger partial charge in [-0.2, -0.15) is 13.8 Å². The highest BCUT2D eigenvalue weighted by atomic mass is 19.2. The van der Waals surface area contributed by atoms with Crippen molar-refractivity contribution in [3.63, 3.8) is 0 Å². The van der Waals surface area contributed by atoms with Crippen molar-refractivity contribution >= 4 is 0 Å². The minimum absolute atomic E-state index is 0.114. The fraction of sp³-hybridized carbons (Fsp3) is 0.522. The number of rotatable bonds is 7. The van der Waals surface area contributed by atoms with Crippen LogP contribution < -0.4 is 0 Å². The number of unbranched alkanes of at least 4 members (excludes halogenated alkanes) is 1. The zero-order valence-corrected chi connectivity index (χ0v) is 16.0. The van der Waals surface area contributed by atoms with Gasteiger partial charge in [-0.3, -0.25) is 0 Å². The van der Waals surface area contributed by atoms with Gasteiger partial charge < -0.3 is 0 Å².